The van der Waals surface area contributed by atoms with Crippen molar-refractivity contribution in [3.63, 3.8) is 0 Å². The van der Waals surface area contributed by atoms with Crippen LogP contribution >= 0.6 is 11.3 Å². The molecule has 94 valence electrons. The number of hydrogen-bond acceptors (Lipinski definition) is 2. The van der Waals surface area contributed by atoms with Crippen molar-refractivity contribution in [3.05, 3.63) is 22.4 Å². The van der Waals surface area contributed by atoms with Gasteiger partial charge in [-0.2, -0.15) is 0 Å². The molecule has 3 rings (SSSR count). The summed E-state index contributed by atoms with van der Waals surface area (Å²) in [7, 11) is 0. The maximum atomic E-state index is 3.91. The van der Waals surface area contributed by atoms with Gasteiger partial charge < -0.3 is 5.32 Å². The van der Waals surface area contributed by atoms with Crippen molar-refractivity contribution in [2.45, 2.75) is 51.0 Å². The lowest BCUT2D eigenvalue weighted by Crippen LogP contribution is -2.45. The topological polar surface area (TPSA) is 12.0 Å². The van der Waals surface area contributed by atoms with Gasteiger partial charge in [0.05, 0.1) is 5.54 Å². The first kappa shape index (κ1) is 11.7. The second-order valence-corrected chi connectivity index (χ2v) is 6.93. The van der Waals surface area contributed by atoms with Gasteiger partial charge in [-0.05, 0) is 62.4 Å². The highest BCUT2D eigenvalue weighted by Crippen LogP contribution is 2.42. The quantitative estimate of drug-likeness (QED) is 0.826. The standard InChI is InChI=1S/C15H23NS/c1-15(13-5-2-3-6-13,14-7-4-10-17-14)16-11-12-8-9-12/h4,7,10,12-13,16H,2-3,5-6,8-9,11H2,1H3. The predicted molar refractivity (Wildman–Crippen MR) is 74.4 cm³/mol. The zero-order valence-electron chi connectivity index (χ0n) is 10.7. The lowest BCUT2D eigenvalue weighted by Gasteiger charge is -2.36. The lowest BCUT2D eigenvalue weighted by atomic mass is 9.82. The molecule has 2 fully saturated rings. The van der Waals surface area contributed by atoms with Gasteiger partial charge in [-0.15, -0.1) is 11.3 Å². The minimum atomic E-state index is 0.243. The zero-order chi connectivity index (χ0) is 11.7. The fourth-order valence-electron chi connectivity index (χ4n) is 3.19. The molecule has 1 nitrogen and oxygen atoms in total. The number of nitrogens with one attached hydrogen (secondary N) is 1. The Balaban J connectivity index is 1.77. The van der Waals surface area contributed by atoms with Gasteiger partial charge in [-0.25, -0.2) is 0 Å². The van der Waals surface area contributed by atoms with E-state index in [0.717, 1.165) is 11.8 Å². The average molecular weight is 249 g/mol. The van der Waals surface area contributed by atoms with Crippen LogP contribution in [0.15, 0.2) is 17.5 Å². The minimum Gasteiger partial charge on any atom is -0.306 e. The molecule has 17 heavy (non-hydrogen) atoms. The first-order chi connectivity index (χ1) is 8.29. The molecule has 0 aliphatic heterocycles. The van der Waals surface area contributed by atoms with Gasteiger partial charge in [0.1, 0.15) is 0 Å². The largest absolute Gasteiger partial charge is 0.306 e. The average Bonchev–Trinajstić information content (AvgIpc) is 2.88. The van der Waals surface area contributed by atoms with Crippen molar-refractivity contribution in [1.29, 1.82) is 0 Å². The van der Waals surface area contributed by atoms with Crippen LogP contribution in [0.25, 0.3) is 0 Å². The van der Waals surface area contributed by atoms with Gasteiger partial charge in [0.2, 0.25) is 0 Å². The number of rotatable bonds is 5. The summed E-state index contributed by atoms with van der Waals surface area (Å²) in [6, 6.07) is 4.52. The van der Waals surface area contributed by atoms with Crippen LogP contribution < -0.4 is 5.32 Å². The molecule has 1 aromatic heterocycles. The molecule has 1 N–H and O–H groups in total. The summed E-state index contributed by atoms with van der Waals surface area (Å²) in [5.41, 5.74) is 0.243. The van der Waals surface area contributed by atoms with Crippen molar-refractivity contribution in [3.8, 4) is 0 Å². The molecule has 0 aromatic carbocycles. The minimum absolute atomic E-state index is 0.243. The highest BCUT2D eigenvalue weighted by Gasteiger charge is 2.39. The van der Waals surface area contributed by atoms with Gasteiger partial charge in [0.15, 0.2) is 0 Å². The Morgan fingerprint density at radius 1 is 1.29 bits per heavy atom. The van der Waals surface area contributed by atoms with Crippen molar-refractivity contribution in [2.75, 3.05) is 6.54 Å². The van der Waals surface area contributed by atoms with Gasteiger partial charge >= 0.3 is 0 Å². The molecule has 2 saturated carbocycles. The second kappa shape index (κ2) is 4.74. The third-order valence-corrected chi connectivity index (χ3v) is 5.77. The molecule has 1 aromatic rings. The Labute approximate surface area is 109 Å². The molecule has 0 saturated heterocycles. The van der Waals surface area contributed by atoms with Crippen LogP contribution in [0.1, 0.15) is 50.3 Å². The van der Waals surface area contributed by atoms with Crippen LogP contribution in [-0.2, 0) is 5.54 Å². The van der Waals surface area contributed by atoms with E-state index in [1.807, 2.05) is 11.3 Å². The van der Waals surface area contributed by atoms with E-state index in [4.69, 9.17) is 0 Å². The van der Waals surface area contributed by atoms with E-state index in [1.54, 1.807) is 4.88 Å². The molecular weight excluding hydrogens is 226 g/mol. The smallest absolute Gasteiger partial charge is 0.0528 e. The van der Waals surface area contributed by atoms with Crippen molar-refractivity contribution >= 4 is 11.3 Å². The highest BCUT2D eigenvalue weighted by atomic mass is 32.1. The molecule has 1 atom stereocenters. The Morgan fingerprint density at radius 2 is 2.06 bits per heavy atom. The number of hydrogen-bond donors (Lipinski definition) is 1. The van der Waals surface area contributed by atoms with Crippen molar-refractivity contribution < 1.29 is 0 Å². The van der Waals surface area contributed by atoms with Gasteiger partial charge in [0.25, 0.3) is 0 Å². The van der Waals surface area contributed by atoms with Crippen molar-refractivity contribution in [1.82, 2.24) is 5.32 Å². The molecule has 2 aliphatic rings. The molecule has 0 spiro atoms. The van der Waals surface area contributed by atoms with E-state index >= 15 is 0 Å². The van der Waals surface area contributed by atoms with Crippen LogP contribution in [0.2, 0.25) is 0 Å². The van der Waals surface area contributed by atoms with Crippen LogP contribution in [0.5, 0.6) is 0 Å². The van der Waals surface area contributed by atoms with E-state index in [-0.39, 0.29) is 5.54 Å². The summed E-state index contributed by atoms with van der Waals surface area (Å²) in [6.45, 7) is 3.67. The van der Waals surface area contributed by atoms with E-state index in [0.29, 0.717) is 0 Å². The Bertz CT molecular complexity index is 349. The lowest BCUT2D eigenvalue weighted by molar-refractivity contribution is 0.237. The summed E-state index contributed by atoms with van der Waals surface area (Å²) in [4.78, 5) is 1.55. The Morgan fingerprint density at radius 3 is 2.65 bits per heavy atom. The zero-order valence-corrected chi connectivity index (χ0v) is 11.6. The van der Waals surface area contributed by atoms with Crippen LogP contribution in [0, 0.1) is 11.8 Å². The third-order valence-electron chi connectivity index (χ3n) is 4.66. The van der Waals surface area contributed by atoms with E-state index in [9.17, 15) is 0 Å². The summed E-state index contributed by atoms with van der Waals surface area (Å²) in [5.74, 6) is 1.82. The maximum absolute atomic E-state index is 3.91. The normalized spacial score (nSPS) is 25.0. The molecular formula is C15H23NS. The van der Waals surface area contributed by atoms with Crippen molar-refractivity contribution in [2.24, 2.45) is 11.8 Å². The summed E-state index contributed by atoms with van der Waals surface area (Å²) in [6.07, 6.45) is 8.56. The fraction of sp³-hybridized carbons (Fsp3) is 0.733. The first-order valence-electron chi connectivity index (χ1n) is 7.08. The van der Waals surface area contributed by atoms with Crippen LogP contribution in [0.4, 0.5) is 0 Å². The van der Waals surface area contributed by atoms with E-state index in [2.05, 4.69) is 29.8 Å². The predicted octanol–water partition coefficient (Wildman–Crippen LogP) is 4.15. The Kier molecular flexibility index (Phi) is 3.27. The van der Waals surface area contributed by atoms with E-state index < -0.39 is 0 Å². The summed E-state index contributed by atoms with van der Waals surface area (Å²) < 4.78 is 0. The fourth-order valence-corrected chi connectivity index (χ4v) is 4.13. The molecule has 1 heterocycles. The Hall–Kier alpha value is -0.340. The van der Waals surface area contributed by atoms with Gasteiger partial charge in [-0.3, -0.25) is 0 Å². The molecule has 2 heteroatoms. The first-order valence-corrected chi connectivity index (χ1v) is 7.96. The van der Waals surface area contributed by atoms with Gasteiger partial charge in [-0.1, -0.05) is 18.9 Å². The molecule has 2 aliphatic carbocycles. The second-order valence-electron chi connectivity index (χ2n) is 5.99. The summed E-state index contributed by atoms with van der Waals surface area (Å²) >= 11 is 1.93. The van der Waals surface area contributed by atoms with E-state index in [1.165, 1.54) is 45.1 Å². The summed E-state index contributed by atoms with van der Waals surface area (Å²) in [5, 5.41) is 6.14. The molecule has 1 unspecified atom stereocenters. The maximum Gasteiger partial charge on any atom is 0.0528 e. The molecule has 0 bridgehead atoms. The molecule has 0 amide bonds. The highest BCUT2D eigenvalue weighted by molar-refractivity contribution is 7.10. The number of thiophene rings is 1. The van der Waals surface area contributed by atoms with Crippen LogP contribution in [-0.4, -0.2) is 6.54 Å². The third kappa shape index (κ3) is 2.43. The SMILES string of the molecule is CC(NCC1CC1)(c1cccs1)C1CCCC1. The monoisotopic (exact) mass is 249 g/mol. The van der Waals surface area contributed by atoms with Crippen LogP contribution in [0.3, 0.4) is 0 Å². The molecule has 0 radical (unpaired) electrons. The van der Waals surface area contributed by atoms with Gasteiger partial charge in [0, 0.05) is 4.88 Å².